The van der Waals surface area contributed by atoms with E-state index in [1.807, 2.05) is 171 Å². The van der Waals surface area contributed by atoms with Crippen LogP contribution in [-0.4, -0.2) is 223 Å². The summed E-state index contributed by atoms with van der Waals surface area (Å²) in [5.74, 6) is 0.266. The van der Waals surface area contributed by atoms with Crippen molar-refractivity contribution in [3.63, 3.8) is 0 Å². The standard InChI is InChI=1S/C28H27N5O2.2C21H22N4O2.C19H19N5O2.C18H18N6O2/c1-35-25-8-5-20(6-9-25)18-32-19-23-16-24(7-10-26(23)30-32)33-14-11-21-15-22(17-29-27(21)33)28(34)31-12-3-2-4-13-31;1-14-6-9-24(10-7-14)21(27)17-12-16-8-11-25(20(16)23-13-17)18-4-2-15(3-5-18)19(22)26;1-14-5-8-24(9-6-14)21(27)17-11-16-7-10-25(20(16)23-13-17)18-4-2-3-15(12-18)19(22)26;20-17(25)16-5-4-15(12-21-16)24-9-6-13-10-14(11-22-18(13)24)19(26)23-7-2-1-3-8-23;19-15(25)16-20-10-14(11-21-16)24-7-4-12-8-13(9-22-17(12)24)18(26)23-5-2-1-3-6-23/h5-11,14-17,19H,2-4,12-13,18H2,1H3;2-5,8,11-14H,6-7,9-10H2,1H3,(H2,22,26);2-4,7,10-14H,5-6,8-9H2,1H3,(H2,22,26);4-6,9-12H,1-3,7-8H2,(H2,20,25);4,7-11H,1-3,5-6H2,(H2,19,25). The molecule has 0 radical (unpaired) electrons. The van der Waals surface area contributed by atoms with Crippen LogP contribution in [0, 0.1) is 11.8 Å². The minimum Gasteiger partial charge on any atom is -0.497 e. The van der Waals surface area contributed by atoms with Gasteiger partial charge in [0.1, 0.15) is 39.7 Å². The van der Waals surface area contributed by atoms with Gasteiger partial charge in [-0.05, 0) is 246 Å². The Hall–Kier alpha value is -16.9. The zero-order chi connectivity index (χ0) is 97.9. The van der Waals surface area contributed by atoms with Crippen molar-refractivity contribution in [2.75, 3.05) is 72.6 Å². The van der Waals surface area contributed by atoms with Gasteiger partial charge in [-0.2, -0.15) is 5.10 Å². The van der Waals surface area contributed by atoms with Gasteiger partial charge in [0.2, 0.25) is 17.6 Å². The highest BCUT2D eigenvalue weighted by molar-refractivity contribution is 6.02. The Bertz CT molecular complexity index is 7350. The Morgan fingerprint density at radius 3 is 1.05 bits per heavy atom. The molecule has 0 aliphatic carbocycles. The first-order valence-corrected chi connectivity index (χ1v) is 47.6. The highest BCUT2D eigenvalue weighted by Crippen LogP contribution is 2.32. The van der Waals surface area contributed by atoms with Gasteiger partial charge >= 0.3 is 0 Å². The zero-order valence-corrected chi connectivity index (χ0v) is 78.6. The predicted octanol–water partition coefficient (Wildman–Crippen LogP) is 14.7. The number of amides is 9. The third-order valence-corrected chi connectivity index (χ3v) is 26.5. The van der Waals surface area contributed by atoms with Crippen molar-refractivity contribution in [1.29, 1.82) is 0 Å². The van der Waals surface area contributed by atoms with Crippen LogP contribution in [-0.2, 0) is 6.54 Å². The molecule has 0 bridgehead atoms. The fraction of sp³-hybridized carbons (Fsp3) is 0.271. The number of methoxy groups -OCH3 is 1. The fourth-order valence-electron chi connectivity index (χ4n) is 18.4. The molecule has 17 aromatic rings. The molecule has 18 heterocycles. The molecule has 0 saturated carbocycles. The second kappa shape index (κ2) is 42.4. The average Bonchev–Trinajstić information content (AvgIpc) is 1.65. The van der Waals surface area contributed by atoms with E-state index in [0.717, 1.165) is 224 Å². The SMILES string of the molecule is CC1CCN(C(=O)c2cnc3c(ccn3-c3ccc(C(N)=O)cc3)c2)CC1.CC1CCN(C(=O)c2cnc3c(ccn3-c3cccc(C(N)=O)c3)c2)CC1.COc1ccc(Cn2cc3cc(-n4ccc5cc(C(=O)N6CCCCC6)cnc54)ccc3n2)cc1.NC(=O)c1ccc(-n2ccc3cc(C(=O)N4CCCCC4)cnc32)cn1.NC(=O)c1ncc(-n2ccc3cc(C(=O)N4CCCCC4)cnc32)cn1. The molecule has 0 atom stereocenters. The topological polar surface area (TPSA) is 429 Å². The molecule has 5 saturated heterocycles. The number of carbonyl (C=O) groups excluding carboxylic acids is 9. The molecule has 5 fully saturated rings. The largest absolute Gasteiger partial charge is 0.497 e. The Labute approximate surface area is 811 Å². The summed E-state index contributed by atoms with van der Waals surface area (Å²) in [6.45, 7) is 13.3. The molecule has 716 valence electrons. The monoisotopic (exact) mass is 1890 g/mol. The van der Waals surface area contributed by atoms with Gasteiger partial charge in [-0.1, -0.05) is 32.0 Å². The van der Waals surface area contributed by atoms with E-state index >= 15 is 0 Å². The summed E-state index contributed by atoms with van der Waals surface area (Å²) in [6.07, 6.45) is 38.6. The molecule has 5 aliphatic rings. The normalized spacial score (nSPS) is 14.7. The minimum atomic E-state index is -0.673. The number of hydrogen-bond acceptors (Lipinski definition) is 19. The smallest absolute Gasteiger partial charge is 0.286 e. The first-order chi connectivity index (χ1) is 68.5. The zero-order valence-electron chi connectivity index (χ0n) is 78.6. The number of nitrogens with zero attached hydrogens (tertiary/aromatic N) is 20. The maximum atomic E-state index is 12.9. The molecule has 0 spiro atoms. The van der Waals surface area contributed by atoms with E-state index in [1.54, 1.807) is 91.3 Å². The number of hydrogen-bond donors (Lipinski definition) is 4. The minimum absolute atomic E-state index is 0.0287. The van der Waals surface area contributed by atoms with Crippen LogP contribution in [0.15, 0.2) is 251 Å². The summed E-state index contributed by atoms with van der Waals surface area (Å²) in [7, 11) is 1.67. The molecule has 13 aromatic heterocycles. The van der Waals surface area contributed by atoms with Crippen LogP contribution in [0.25, 0.3) is 94.5 Å². The second-order valence-corrected chi connectivity index (χ2v) is 36.3. The number of aromatic nitrogens is 15. The first kappa shape index (κ1) is 94.4. The quantitative estimate of drug-likeness (QED) is 0.0658. The number of likely N-dealkylation sites (tertiary alicyclic amines) is 5. The van der Waals surface area contributed by atoms with E-state index in [1.165, 1.54) is 31.7 Å². The third-order valence-electron chi connectivity index (χ3n) is 26.5. The van der Waals surface area contributed by atoms with Crippen molar-refractivity contribution in [2.24, 2.45) is 34.8 Å². The average molecular weight is 1890 g/mol. The van der Waals surface area contributed by atoms with Gasteiger partial charge in [-0.15, -0.1) is 0 Å². The highest BCUT2D eigenvalue weighted by atomic mass is 16.5. The van der Waals surface area contributed by atoms with Crippen LogP contribution >= 0.6 is 0 Å². The van der Waals surface area contributed by atoms with Crippen molar-refractivity contribution in [1.82, 2.24) is 97.0 Å². The summed E-state index contributed by atoms with van der Waals surface area (Å²) in [5.41, 5.74) is 35.3. The molecular weight excluding hydrogens is 1780 g/mol. The molecule has 22 rings (SSSR count). The Morgan fingerprint density at radius 1 is 0.312 bits per heavy atom. The van der Waals surface area contributed by atoms with Crippen LogP contribution in [0.1, 0.15) is 196 Å². The Morgan fingerprint density at radius 2 is 0.674 bits per heavy atom. The van der Waals surface area contributed by atoms with E-state index in [2.05, 4.69) is 88.7 Å². The van der Waals surface area contributed by atoms with Crippen molar-refractivity contribution >= 4 is 119 Å². The number of primary amides is 4. The van der Waals surface area contributed by atoms with E-state index in [4.69, 9.17) is 32.8 Å². The number of ether oxygens (including phenoxy) is 1. The summed E-state index contributed by atoms with van der Waals surface area (Å²) in [5, 5.41) is 10.3. The fourth-order valence-corrected chi connectivity index (χ4v) is 18.4. The lowest BCUT2D eigenvalue weighted by Gasteiger charge is -2.30. The summed E-state index contributed by atoms with van der Waals surface area (Å²) in [4.78, 5) is 153. The van der Waals surface area contributed by atoms with E-state index in [-0.39, 0.29) is 41.1 Å². The lowest BCUT2D eigenvalue weighted by molar-refractivity contribution is 0.0689. The predicted molar refractivity (Wildman–Crippen MR) is 536 cm³/mol. The maximum Gasteiger partial charge on any atom is 0.286 e. The molecule has 9 amide bonds. The lowest BCUT2D eigenvalue weighted by Crippen LogP contribution is -2.37. The maximum absolute atomic E-state index is 12.9. The molecule has 34 nitrogen and oxygen atoms in total. The van der Waals surface area contributed by atoms with Crippen molar-refractivity contribution in [3.8, 4) is 34.2 Å². The number of nitrogens with two attached hydrogens (primary N) is 4. The van der Waals surface area contributed by atoms with E-state index in [0.29, 0.717) is 68.7 Å². The van der Waals surface area contributed by atoms with Gasteiger partial charge in [0.15, 0.2) is 0 Å². The molecule has 34 heteroatoms. The number of carbonyl (C=O) groups is 9. The molecule has 5 aliphatic heterocycles. The number of benzene rings is 4. The molecule has 8 N–H and O–H groups in total. The molecule has 141 heavy (non-hydrogen) atoms. The molecule has 0 unspecified atom stereocenters. The van der Waals surface area contributed by atoms with Crippen LogP contribution < -0.4 is 27.7 Å². The lowest BCUT2D eigenvalue weighted by atomic mass is 9.99. The van der Waals surface area contributed by atoms with Crippen LogP contribution in [0.4, 0.5) is 0 Å². The van der Waals surface area contributed by atoms with Crippen molar-refractivity contribution in [2.45, 2.75) is 104 Å². The van der Waals surface area contributed by atoms with Gasteiger partial charge in [0.05, 0.1) is 77.0 Å². The van der Waals surface area contributed by atoms with Gasteiger partial charge < -0.3 is 65.9 Å². The third kappa shape index (κ3) is 21.4. The number of rotatable bonds is 17. The van der Waals surface area contributed by atoms with Gasteiger partial charge in [-0.25, -0.2) is 39.9 Å². The summed E-state index contributed by atoms with van der Waals surface area (Å²) >= 11 is 0. The van der Waals surface area contributed by atoms with Crippen LogP contribution in [0.3, 0.4) is 0 Å². The van der Waals surface area contributed by atoms with E-state index < -0.39 is 23.6 Å². The molecule has 4 aromatic carbocycles. The van der Waals surface area contributed by atoms with Crippen molar-refractivity contribution in [3.05, 3.63) is 307 Å². The van der Waals surface area contributed by atoms with Crippen LogP contribution in [0.5, 0.6) is 5.75 Å². The van der Waals surface area contributed by atoms with Crippen molar-refractivity contribution < 1.29 is 47.9 Å². The van der Waals surface area contributed by atoms with Crippen LogP contribution in [0.2, 0.25) is 0 Å². The first-order valence-electron chi connectivity index (χ1n) is 47.6. The second-order valence-electron chi connectivity index (χ2n) is 36.3. The number of piperidine rings is 5. The van der Waals surface area contributed by atoms with E-state index in [9.17, 15) is 43.2 Å². The number of fused-ring (bicyclic) bond motifs is 6. The molecular formula is C107H108N24O10. The highest BCUT2D eigenvalue weighted by Gasteiger charge is 2.28. The Balaban J connectivity index is 0.000000117. The Kier molecular flexibility index (Phi) is 28.4. The van der Waals surface area contributed by atoms with Gasteiger partial charge in [0, 0.05) is 194 Å². The van der Waals surface area contributed by atoms with Gasteiger partial charge in [-0.3, -0.25) is 57.0 Å². The summed E-state index contributed by atoms with van der Waals surface area (Å²) in [6, 6.07) is 50.9. The van der Waals surface area contributed by atoms with Gasteiger partial charge in [0.25, 0.3) is 41.4 Å². The number of pyridine rings is 6. The summed E-state index contributed by atoms with van der Waals surface area (Å²) < 4.78 is 16.7.